The van der Waals surface area contributed by atoms with Crippen molar-refractivity contribution in [3.8, 4) is 0 Å². The van der Waals surface area contributed by atoms with Gasteiger partial charge in [0, 0.05) is 28.0 Å². The van der Waals surface area contributed by atoms with Crippen LogP contribution in [0.3, 0.4) is 0 Å². The summed E-state index contributed by atoms with van der Waals surface area (Å²) in [5.41, 5.74) is 1.07. The molecule has 0 bridgehead atoms. The molecule has 0 aromatic heterocycles. The number of nitrogens with one attached hydrogen (secondary N) is 1. The van der Waals surface area contributed by atoms with Crippen LogP contribution in [0.5, 0.6) is 0 Å². The molecular formula is C11H11Br2NO. The van der Waals surface area contributed by atoms with Gasteiger partial charge in [0.2, 0.25) is 5.91 Å². The molecular weight excluding hydrogens is 322 g/mol. The minimum atomic E-state index is -0.0224. The summed E-state index contributed by atoms with van der Waals surface area (Å²) in [6, 6.07) is 5.91. The minimum absolute atomic E-state index is 0.0224. The number of halogens is 2. The van der Waals surface area contributed by atoms with E-state index in [4.69, 9.17) is 0 Å². The molecule has 15 heavy (non-hydrogen) atoms. The maximum absolute atomic E-state index is 10.6. The molecule has 0 atom stereocenters. The average molecular weight is 333 g/mol. The maximum atomic E-state index is 10.6. The quantitative estimate of drug-likeness (QED) is 0.903. The highest BCUT2D eigenvalue weighted by Gasteiger charge is 1.99. The van der Waals surface area contributed by atoms with Crippen molar-refractivity contribution in [3.63, 3.8) is 0 Å². The van der Waals surface area contributed by atoms with Crippen molar-refractivity contribution in [1.29, 1.82) is 0 Å². The first kappa shape index (κ1) is 12.5. The third-order valence-electron chi connectivity index (χ3n) is 1.75. The van der Waals surface area contributed by atoms with Crippen molar-refractivity contribution in [2.75, 3.05) is 6.54 Å². The molecule has 2 nitrogen and oxygen atoms in total. The van der Waals surface area contributed by atoms with Gasteiger partial charge in [0.25, 0.3) is 0 Å². The second kappa shape index (κ2) is 6.08. The Morgan fingerprint density at radius 1 is 1.40 bits per heavy atom. The van der Waals surface area contributed by atoms with Gasteiger partial charge in [-0.25, -0.2) is 0 Å². The van der Waals surface area contributed by atoms with E-state index >= 15 is 0 Å². The van der Waals surface area contributed by atoms with E-state index in [0.29, 0.717) is 6.54 Å². The van der Waals surface area contributed by atoms with E-state index in [1.807, 2.05) is 30.4 Å². The van der Waals surface area contributed by atoms with Crippen molar-refractivity contribution in [1.82, 2.24) is 5.32 Å². The number of rotatable bonds is 3. The second-order valence-electron chi connectivity index (χ2n) is 2.97. The molecule has 1 rings (SSSR count). The molecule has 0 aliphatic carbocycles. The van der Waals surface area contributed by atoms with Gasteiger partial charge < -0.3 is 5.32 Å². The van der Waals surface area contributed by atoms with Crippen LogP contribution in [0.15, 0.2) is 33.2 Å². The Labute approximate surface area is 106 Å². The zero-order valence-corrected chi connectivity index (χ0v) is 11.4. The third kappa shape index (κ3) is 4.18. The minimum Gasteiger partial charge on any atom is -0.353 e. The maximum Gasteiger partial charge on any atom is 0.217 e. The van der Waals surface area contributed by atoms with Crippen LogP contribution >= 0.6 is 31.9 Å². The van der Waals surface area contributed by atoms with Gasteiger partial charge in [-0.15, -0.1) is 0 Å². The van der Waals surface area contributed by atoms with Crippen LogP contribution in [-0.4, -0.2) is 12.5 Å². The highest BCUT2D eigenvalue weighted by Crippen LogP contribution is 2.26. The predicted molar refractivity (Wildman–Crippen MR) is 69.6 cm³/mol. The molecule has 0 radical (unpaired) electrons. The lowest BCUT2D eigenvalue weighted by molar-refractivity contribution is -0.118. The molecule has 0 unspecified atom stereocenters. The Kier molecular flexibility index (Phi) is 5.05. The fraction of sp³-hybridized carbons (Fsp3) is 0.182. The van der Waals surface area contributed by atoms with Gasteiger partial charge in [0.1, 0.15) is 0 Å². The molecule has 4 heteroatoms. The number of benzene rings is 1. The molecule has 0 saturated carbocycles. The fourth-order valence-corrected chi connectivity index (χ4v) is 2.31. The zero-order valence-electron chi connectivity index (χ0n) is 8.26. The summed E-state index contributed by atoms with van der Waals surface area (Å²) in [6.07, 6.45) is 3.87. The molecule has 0 aliphatic rings. The Hall–Kier alpha value is -0.610. The van der Waals surface area contributed by atoms with Gasteiger partial charge in [0.05, 0.1) is 0 Å². The van der Waals surface area contributed by atoms with E-state index in [1.54, 1.807) is 0 Å². The Bertz CT molecular complexity index is 368. The van der Waals surface area contributed by atoms with Crippen LogP contribution in [-0.2, 0) is 4.79 Å². The highest BCUT2D eigenvalue weighted by atomic mass is 79.9. The molecule has 80 valence electrons. The monoisotopic (exact) mass is 331 g/mol. The van der Waals surface area contributed by atoms with Gasteiger partial charge in [-0.1, -0.05) is 50.1 Å². The first-order valence-corrected chi connectivity index (χ1v) is 6.05. The Morgan fingerprint density at radius 2 is 2.00 bits per heavy atom. The number of carbonyl (C=O) groups excluding carboxylic acids is 1. The van der Waals surface area contributed by atoms with E-state index in [-0.39, 0.29) is 5.91 Å². The van der Waals surface area contributed by atoms with Crippen molar-refractivity contribution in [2.24, 2.45) is 0 Å². The topological polar surface area (TPSA) is 29.1 Å². The van der Waals surface area contributed by atoms with E-state index in [1.165, 1.54) is 6.92 Å². The summed E-state index contributed by atoms with van der Waals surface area (Å²) in [5, 5.41) is 2.70. The van der Waals surface area contributed by atoms with Gasteiger partial charge >= 0.3 is 0 Å². The molecule has 0 saturated heterocycles. The van der Waals surface area contributed by atoms with Crippen LogP contribution in [0.1, 0.15) is 12.5 Å². The van der Waals surface area contributed by atoms with Gasteiger partial charge in [-0.2, -0.15) is 0 Å². The summed E-state index contributed by atoms with van der Waals surface area (Å²) in [7, 11) is 0. The van der Waals surface area contributed by atoms with Crippen molar-refractivity contribution < 1.29 is 4.79 Å². The van der Waals surface area contributed by atoms with Gasteiger partial charge in [0.15, 0.2) is 0 Å². The second-order valence-corrected chi connectivity index (χ2v) is 4.68. The lowest BCUT2D eigenvalue weighted by atomic mass is 10.2. The van der Waals surface area contributed by atoms with Crippen molar-refractivity contribution in [3.05, 3.63) is 38.8 Å². The lowest BCUT2D eigenvalue weighted by Gasteiger charge is -2.01. The standard InChI is InChI=1S/C11H11Br2NO/c1-8(15)14-7-3-4-9-10(12)5-2-6-11(9)13/h2-6H,7H2,1H3,(H,14,15). The molecule has 1 amide bonds. The Balaban J connectivity index is 2.67. The molecule has 0 spiro atoms. The van der Waals surface area contributed by atoms with Crippen LogP contribution in [0.4, 0.5) is 0 Å². The molecule has 1 N–H and O–H groups in total. The molecule has 0 heterocycles. The first-order chi connectivity index (χ1) is 7.11. The summed E-state index contributed by atoms with van der Waals surface area (Å²) in [4.78, 5) is 10.6. The summed E-state index contributed by atoms with van der Waals surface area (Å²) < 4.78 is 2.05. The molecule has 1 aromatic rings. The summed E-state index contributed by atoms with van der Waals surface area (Å²) in [5.74, 6) is -0.0224. The van der Waals surface area contributed by atoms with Crippen LogP contribution in [0.25, 0.3) is 6.08 Å². The third-order valence-corrected chi connectivity index (χ3v) is 3.14. The average Bonchev–Trinajstić information content (AvgIpc) is 2.15. The normalized spacial score (nSPS) is 10.6. The van der Waals surface area contributed by atoms with E-state index in [9.17, 15) is 4.79 Å². The van der Waals surface area contributed by atoms with E-state index in [2.05, 4.69) is 37.2 Å². The van der Waals surface area contributed by atoms with E-state index < -0.39 is 0 Å². The fourth-order valence-electron chi connectivity index (χ4n) is 1.05. The lowest BCUT2D eigenvalue weighted by Crippen LogP contribution is -2.19. The molecule has 1 aromatic carbocycles. The number of amides is 1. The van der Waals surface area contributed by atoms with Gasteiger partial charge in [-0.3, -0.25) is 4.79 Å². The smallest absolute Gasteiger partial charge is 0.217 e. The Morgan fingerprint density at radius 3 is 2.53 bits per heavy atom. The summed E-state index contributed by atoms with van der Waals surface area (Å²) in [6.45, 7) is 2.05. The van der Waals surface area contributed by atoms with Crippen molar-refractivity contribution >= 4 is 43.8 Å². The van der Waals surface area contributed by atoms with Gasteiger partial charge in [-0.05, 0) is 12.1 Å². The largest absolute Gasteiger partial charge is 0.353 e. The highest BCUT2D eigenvalue weighted by molar-refractivity contribution is 9.11. The SMILES string of the molecule is CC(=O)NCC=Cc1c(Br)cccc1Br. The number of hydrogen-bond donors (Lipinski definition) is 1. The predicted octanol–water partition coefficient (Wildman–Crippen LogP) is 3.36. The van der Waals surface area contributed by atoms with Crippen LogP contribution < -0.4 is 5.32 Å². The molecule has 0 aliphatic heterocycles. The zero-order chi connectivity index (χ0) is 11.3. The molecule has 0 fully saturated rings. The van der Waals surface area contributed by atoms with Crippen LogP contribution in [0.2, 0.25) is 0 Å². The van der Waals surface area contributed by atoms with Crippen LogP contribution in [0, 0.1) is 0 Å². The van der Waals surface area contributed by atoms with Crippen molar-refractivity contribution in [2.45, 2.75) is 6.92 Å². The van der Waals surface area contributed by atoms with E-state index in [0.717, 1.165) is 14.5 Å². The number of hydrogen-bond acceptors (Lipinski definition) is 1. The first-order valence-electron chi connectivity index (χ1n) is 4.46. The number of carbonyl (C=O) groups is 1. The summed E-state index contributed by atoms with van der Waals surface area (Å²) >= 11 is 6.92.